The summed E-state index contributed by atoms with van der Waals surface area (Å²) in [5, 5.41) is 4.47. The molecule has 6 heteroatoms. The zero-order valence-corrected chi connectivity index (χ0v) is 40.2. The number of nitrogens with zero attached hydrogens (tertiary/aromatic N) is 3. The van der Waals surface area contributed by atoms with Gasteiger partial charge in [0.15, 0.2) is 11.2 Å². The van der Waals surface area contributed by atoms with Crippen LogP contribution in [0, 0.1) is 0 Å². The highest BCUT2D eigenvalue weighted by atomic mass is 16.3. The number of hydrogen-bond donors (Lipinski definition) is 0. The molecule has 2 atom stereocenters. The number of furan rings is 2. The van der Waals surface area contributed by atoms with E-state index in [0.717, 1.165) is 79.5 Å². The van der Waals surface area contributed by atoms with Gasteiger partial charge in [0.2, 0.25) is 0 Å². The van der Waals surface area contributed by atoms with E-state index in [9.17, 15) is 0 Å². The van der Waals surface area contributed by atoms with Crippen molar-refractivity contribution in [1.82, 2.24) is 0 Å². The van der Waals surface area contributed by atoms with Gasteiger partial charge in [-0.3, -0.25) is 0 Å². The minimum atomic E-state index is -0.118. The Bertz CT molecular complexity index is 3600. The second-order valence-corrected chi connectivity index (χ2v) is 22.5. The predicted molar refractivity (Wildman–Crippen MR) is 286 cm³/mol. The summed E-state index contributed by atoms with van der Waals surface area (Å²) < 4.78 is 14.0. The van der Waals surface area contributed by atoms with E-state index in [-0.39, 0.29) is 28.5 Å². The molecule has 1 fully saturated rings. The summed E-state index contributed by atoms with van der Waals surface area (Å²) >= 11 is 0. The van der Waals surface area contributed by atoms with E-state index >= 15 is 0 Å². The van der Waals surface area contributed by atoms with Crippen LogP contribution >= 0.6 is 0 Å². The van der Waals surface area contributed by atoms with Gasteiger partial charge in [-0.1, -0.05) is 152 Å². The fraction of sp³-hybridized carbons (Fsp3) is 0.226. The number of anilines is 8. The lowest BCUT2D eigenvalue weighted by molar-refractivity contribution is 0.133. The van der Waals surface area contributed by atoms with Gasteiger partial charge in [0.1, 0.15) is 11.2 Å². The summed E-state index contributed by atoms with van der Waals surface area (Å²) in [4.78, 5) is 7.80. The molecule has 5 heterocycles. The molecule has 0 saturated heterocycles. The van der Waals surface area contributed by atoms with E-state index in [1.807, 2.05) is 0 Å². The van der Waals surface area contributed by atoms with Crippen LogP contribution in [0.5, 0.6) is 0 Å². The molecule has 1 aliphatic carbocycles. The number of hydrogen-bond acceptors (Lipinski definition) is 5. The smallest absolute Gasteiger partial charge is 0.252 e. The summed E-state index contributed by atoms with van der Waals surface area (Å²) in [6.07, 6.45) is 2.26. The number of rotatable bonds is 3. The molecule has 0 amide bonds. The fourth-order valence-corrected chi connectivity index (χ4v) is 12.9. The monoisotopic (exact) mass is 883 g/mol. The molecule has 0 spiro atoms. The molecular weight excluding hydrogens is 830 g/mol. The maximum absolute atomic E-state index is 6.99. The van der Waals surface area contributed by atoms with Crippen LogP contribution in [0.3, 0.4) is 0 Å². The maximum Gasteiger partial charge on any atom is 0.252 e. The first-order valence-electron chi connectivity index (χ1n) is 24.5. The summed E-state index contributed by atoms with van der Waals surface area (Å²) in [6, 6.07) is 59.1. The molecule has 0 radical (unpaired) electrons. The predicted octanol–water partition coefficient (Wildman–Crippen LogP) is 15.1. The molecule has 8 aromatic carbocycles. The van der Waals surface area contributed by atoms with Crippen LogP contribution in [0.15, 0.2) is 167 Å². The average Bonchev–Trinajstić information content (AvgIpc) is 3.95. The van der Waals surface area contributed by atoms with E-state index in [1.165, 1.54) is 55.8 Å². The van der Waals surface area contributed by atoms with Crippen molar-refractivity contribution in [1.29, 1.82) is 0 Å². The molecular formula is C62H54BN3O2. The Kier molecular flexibility index (Phi) is 7.80. The largest absolute Gasteiger partial charge is 0.454 e. The Morgan fingerprint density at radius 1 is 0.456 bits per heavy atom. The van der Waals surface area contributed by atoms with Crippen molar-refractivity contribution < 1.29 is 8.83 Å². The Balaban J connectivity index is 1.15. The van der Waals surface area contributed by atoms with Gasteiger partial charge >= 0.3 is 0 Å². The van der Waals surface area contributed by atoms with Crippen molar-refractivity contribution in [2.75, 3.05) is 14.7 Å². The van der Waals surface area contributed by atoms with Crippen molar-refractivity contribution in [3.63, 3.8) is 0 Å². The van der Waals surface area contributed by atoms with Crippen molar-refractivity contribution in [3.05, 3.63) is 174 Å². The number of para-hydroxylation sites is 5. The Morgan fingerprint density at radius 2 is 0.926 bits per heavy atom. The molecule has 3 aliphatic heterocycles. The molecule has 4 aliphatic rings. The summed E-state index contributed by atoms with van der Waals surface area (Å²) in [7, 11) is 0. The third-order valence-electron chi connectivity index (χ3n) is 16.8. The highest BCUT2D eigenvalue weighted by molar-refractivity contribution is 7.00. The summed E-state index contributed by atoms with van der Waals surface area (Å²) in [5.74, 6) is 0. The van der Waals surface area contributed by atoms with Crippen molar-refractivity contribution in [3.8, 4) is 0 Å². The lowest BCUT2D eigenvalue weighted by Crippen LogP contribution is -2.62. The molecule has 14 rings (SSSR count). The van der Waals surface area contributed by atoms with Crippen LogP contribution in [0.4, 0.5) is 45.5 Å². The van der Waals surface area contributed by atoms with E-state index in [0.29, 0.717) is 0 Å². The highest BCUT2D eigenvalue weighted by Gasteiger charge is 2.63. The van der Waals surface area contributed by atoms with Crippen LogP contribution in [-0.2, 0) is 16.2 Å². The van der Waals surface area contributed by atoms with Crippen LogP contribution in [0.1, 0.15) is 84.9 Å². The van der Waals surface area contributed by atoms with Crippen LogP contribution in [0.25, 0.3) is 43.9 Å². The van der Waals surface area contributed by atoms with Crippen LogP contribution in [0.2, 0.25) is 0 Å². The minimum Gasteiger partial charge on any atom is -0.454 e. The first-order valence-corrected chi connectivity index (χ1v) is 24.5. The minimum absolute atomic E-state index is 0.0181. The number of benzene rings is 8. The van der Waals surface area contributed by atoms with E-state index in [4.69, 9.17) is 8.83 Å². The van der Waals surface area contributed by atoms with Gasteiger partial charge in [-0.15, -0.1) is 0 Å². The standard InChI is InChI=1S/C62H54BN3O2/c1-59(2,3)37-27-29-48-45(33-37)63-46-34-38(60(4,5)6)28-30-49(46)65(51-24-16-20-43-41-18-10-14-26-55(41)68-58(43)51)53-36-39(66-47-22-12-11-21-44(47)61(7)31-32-62(61,66)8)35-52(56(53)63)64(48)50-23-15-19-42-40-17-9-13-25-54(40)67-57(42)50/h9-30,33-36H,31-32H2,1-8H3. The van der Waals surface area contributed by atoms with Crippen molar-refractivity contribution in [2.24, 2.45) is 0 Å². The van der Waals surface area contributed by atoms with Crippen LogP contribution in [-0.4, -0.2) is 12.3 Å². The Hall–Kier alpha value is -7.18. The molecule has 332 valence electrons. The second-order valence-electron chi connectivity index (χ2n) is 22.5. The molecule has 0 bridgehead atoms. The quantitative estimate of drug-likeness (QED) is 0.165. The van der Waals surface area contributed by atoms with Gasteiger partial charge in [-0.2, -0.15) is 0 Å². The zero-order valence-electron chi connectivity index (χ0n) is 40.2. The van der Waals surface area contributed by atoms with Crippen LogP contribution < -0.4 is 31.1 Å². The average molecular weight is 884 g/mol. The van der Waals surface area contributed by atoms with E-state index < -0.39 is 0 Å². The molecule has 2 aromatic heterocycles. The first-order chi connectivity index (χ1) is 32.7. The van der Waals surface area contributed by atoms with Gasteiger partial charge in [0, 0.05) is 61.1 Å². The summed E-state index contributed by atoms with van der Waals surface area (Å²) in [5.41, 5.74) is 20.5. The molecule has 10 aromatic rings. The van der Waals surface area contributed by atoms with Gasteiger partial charge in [-0.25, -0.2) is 0 Å². The van der Waals surface area contributed by atoms with E-state index in [2.05, 4.69) is 228 Å². The molecule has 68 heavy (non-hydrogen) atoms. The Labute approximate surface area is 398 Å². The second kappa shape index (κ2) is 13.3. The fourth-order valence-electron chi connectivity index (χ4n) is 12.9. The zero-order chi connectivity index (χ0) is 46.2. The highest BCUT2D eigenvalue weighted by Crippen LogP contribution is 2.65. The Morgan fingerprint density at radius 3 is 1.43 bits per heavy atom. The number of fused-ring (bicyclic) bond motifs is 13. The first kappa shape index (κ1) is 39.9. The third-order valence-corrected chi connectivity index (χ3v) is 16.8. The molecule has 5 nitrogen and oxygen atoms in total. The van der Waals surface area contributed by atoms with Gasteiger partial charge < -0.3 is 23.5 Å². The molecule has 2 unspecified atom stereocenters. The summed E-state index contributed by atoms with van der Waals surface area (Å²) in [6.45, 7) is 18.9. The lowest BCUT2D eigenvalue weighted by Gasteiger charge is -2.56. The normalized spacial score (nSPS) is 19.4. The molecule has 0 N–H and O–H groups in total. The maximum atomic E-state index is 6.99. The lowest BCUT2D eigenvalue weighted by atomic mass is 9.33. The molecule has 1 saturated carbocycles. The van der Waals surface area contributed by atoms with Crippen molar-refractivity contribution in [2.45, 2.75) is 90.0 Å². The topological polar surface area (TPSA) is 36.0 Å². The SMILES string of the molecule is CC(C)(C)c1ccc2c(c1)B1c3cc(C(C)(C)C)ccc3N(c3cccc4c3oc3ccccc34)c3cc(N4c5ccccc5C5(C)CCC45C)cc(c31)N2c1cccc2c1oc1ccccc12. The van der Waals surface area contributed by atoms with Crippen molar-refractivity contribution >= 4 is 112 Å². The van der Waals surface area contributed by atoms with E-state index in [1.54, 1.807) is 0 Å². The van der Waals surface area contributed by atoms with Gasteiger partial charge in [0.05, 0.1) is 16.9 Å². The van der Waals surface area contributed by atoms with Gasteiger partial charge in [0.25, 0.3) is 6.71 Å². The third kappa shape index (κ3) is 5.13. The van der Waals surface area contributed by atoms with Gasteiger partial charge in [-0.05, 0) is 118 Å².